The van der Waals surface area contributed by atoms with Gasteiger partial charge in [-0.15, -0.1) is 0 Å². The Labute approximate surface area is 212 Å². The first kappa shape index (κ1) is 25.7. The third kappa shape index (κ3) is 3.84. The van der Waals surface area contributed by atoms with Crippen molar-refractivity contribution < 1.29 is 27.5 Å². The van der Waals surface area contributed by atoms with Crippen LogP contribution in [0.3, 0.4) is 0 Å². The summed E-state index contributed by atoms with van der Waals surface area (Å²) in [5.41, 5.74) is 3.88. The molecular formula is C28H31NO6S. The summed E-state index contributed by atoms with van der Waals surface area (Å²) in [5, 5.41) is 0. The lowest BCUT2D eigenvalue weighted by Crippen LogP contribution is -2.39. The van der Waals surface area contributed by atoms with Crippen LogP contribution in [0, 0.1) is 19.3 Å². The zero-order valence-corrected chi connectivity index (χ0v) is 22.2. The summed E-state index contributed by atoms with van der Waals surface area (Å²) < 4.78 is 39.8. The topological polar surface area (TPSA) is 90.0 Å². The van der Waals surface area contributed by atoms with E-state index in [4.69, 9.17) is 9.47 Å². The molecule has 190 valence electrons. The number of fused-ring (bicyclic) bond motifs is 1. The van der Waals surface area contributed by atoms with Crippen molar-refractivity contribution in [2.24, 2.45) is 5.41 Å². The van der Waals surface area contributed by atoms with Gasteiger partial charge >= 0.3 is 11.9 Å². The van der Waals surface area contributed by atoms with Gasteiger partial charge in [-0.25, -0.2) is 8.42 Å². The minimum atomic E-state index is -3.99. The molecule has 1 aliphatic carbocycles. The van der Waals surface area contributed by atoms with Gasteiger partial charge in [0.15, 0.2) is 5.41 Å². The first-order chi connectivity index (χ1) is 17.0. The van der Waals surface area contributed by atoms with E-state index in [1.54, 1.807) is 31.2 Å². The number of benzene rings is 2. The zero-order valence-electron chi connectivity index (χ0n) is 21.4. The van der Waals surface area contributed by atoms with Crippen molar-refractivity contribution in [1.29, 1.82) is 0 Å². The van der Waals surface area contributed by atoms with Crippen LogP contribution in [0.4, 0.5) is 0 Å². The first-order valence-corrected chi connectivity index (χ1v) is 13.2. The third-order valence-corrected chi connectivity index (χ3v) is 9.29. The summed E-state index contributed by atoms with van der Waals surface area (Å²) >= 11 is 0. The zero-order chi connectivity index (χ0) is 26.4. The Morgan fingerprint density at radius 3 is 1.97 bits per heavy atom. The second-order valence-corrected chi connectivity index (χ2v) is 11.3. The molecule has 1 saturated carbocycles. The molecule has 1 fully saturated rings. The van der Waals surface area contributed by atoms with Gasteiger partial charge in [-0.05, 0) is 74.1 Å². The number of esters is 2. The Hall–Kier alpha value is -3.39. The number of nitrogens with zero attached hydrogens (tertiary/aromatic N) is 1. The average Bonchev–Trinajstić information content (AvgIpc) is 3.28. The van der Waals surface area contributed by atoms with Gasteiger partial charge in [0.05, 0.1) is 25.2 Å². The second-order valence-electron chi connectivity index (χ2n) is 9.52. The minimum absolute atomic E-state index is 0.00522. The minimum Gasteiger partial charge on any atom is -0.468 e. The van der Waals surface area contributed by atoms with E-state index in [1.807, 2.05) is 45.0 Å². The van der Waals surface area contributed by atoms with Crippen LogP contribution in [-0.4, -0.2) is 38.9 Å². The van der Waals surface area contributed by atoms with Crippen LogP contribution < -0.4 is 0 Å². The van der Waals surface area contributed by atoms with Crippen LogP contribution in [0.5, 0.6) is 0 Å². The molecule has 0 bridgehead atoms. The number of hydrogen-bond donors (Lipinski definition) is 0. The molecule has 4 rings (SSSR count). The van der Waals surface area contributed by atoms with E-state index in [0.29, 0.717) is 11.3 Å². The number of aryl methyl sites for hydroxylation is 2. The van der Waals surface area contributed by atoms with Gasteiger partial charge in [-0.3, -0.25) is 13.9 Å². The lowest BCUT2D eigenvalue weighted by Gasteiger charge is -2.40. The molecule has 7 nitrogen and oxygen atoms in total. The molecule has 1 atom stereocenters. The lowest BCUT2D eigenvalue weighted by atomic mass is 9.84. The molecule has 0 saturated heterocycles. The van der Waals surface area contributed by atoms with Gasteiger partial charge in [-0.2, -0.15) is 0 Å². The molecule has 36 heavy (non-hydrogen) atoms. The van der Waals surface area contributed by atoms with Crippen molar-refractivity contribution in [1.82, 2.24) is 4.31 Å². The molecule has 1 aliphatic heterocycles. The number of hydrogen-bond acceptors (Lipinski definition) is 6. The van der Waals surface area contributed by atoms with Crippen molar-refractivity contribution in [3.8, 4) is 0 Å². The number of rotatable bonds is 5. The predicted octanol–water partition coefficient (Wildman–Crippen LogP) is 4.77. The highest BCUT2D eigenvalue weighted by Crippen LogP contribution is 2.55. The number of ether oxygens (including phenoxy) is 2. The number of methoxy groups -OCH3 is 2. The predicted molar refractivity (Wildman–Crippen MR) is 135 cm³/mol. The number of allylic oxidation sites excluding steroid dienone is 3. The smallest absolute Gasteiger partial charge is 0.323 e. The molecule has 2 aromatic carbocycles. The van der Waals surface area contributed by atoms with E-state index >= 15 is 0 Å². The first-order valence-electron chi connectivity index (χ1n) is 11.7. The molecule has 0 amide bonds. The normalized spacial score (nSPS) is 19.3. The van der Waals surface area contributed by atoms with Crippen molar-refractivity contribution in [2.75, 3.05) is 14.2 Å². The van der Waals surface area contributed by atoms with Crippen molar-refractivity contribution >= 4 is 22.0 Å². The molecule has 0 aromatic heterocycles. The van der Waals surface area contributed by atoms with Crippen LogP contribution in [0.2, 0.25) is 0 Å². The molecule has 8 heteroatoms. The van der Waals surface area contributed by atoms with E-state index in [-0.39, 0.29) is 17.7 Å². The summed E-state index contributed by atoms with van der Waals surface area (Å²) in [6.07, 6.45) is 0.0942. The number of carbonyl (C=O) groups is 2. The fraction of sp³-hybridized carbons (Fsp3) is 0.357. The van der Waals surface area contributed by atoms with Gasteiger partial charge < -0.3 is 9.47 Å². The largest absolute Gasteiger partial charge is 0.468 e. The Bertz CT molecular complexity index is 1390. The van der Waals surface area contributed by atoms with E-state index in [1.165, 1.54) is 18.5 Å². The Kier molecular flexibility index (Phi) is 6.60. The van der Waals surface area contributed by atoms with Gasteiger partial charge in [0.1, 0.15) is 0 Å². The quantitative estimate of drug-likeness (QED) is 0.426. The van der Waals surface area contributed by atoms with E-state index < -0.39 is 33.4 Å². The van der Waals surface area contributed by atoms with Gasteiger partial charge in [0.2, 0.25) is 0 Å². The maximum Gasteiger partial charge on any atom is 0.323 e. The Morgan fingerprint density at radius 2 is 1.42 bits per heavy atom. The second kappa shape index (κ2) is 9.24. The highest BCUT2D eigenvalue weighted by Gasteiger charge is 2.57. The molecule has 1 heterocycles. The van der Waals surface area contributed by atoms with Gasteiger partial charge in [0, 0.05) is 12.1 Å². The summed E-state index contributed by atoms with van der Waals surface area (Å²) in [6, 6.07) is 13.8. The van der Waals surface area contributed by atoms with Crippen LogP contribution in [0.15, 0.2) is 75.8 Å². The SMILES string of the molecule is COC(=O)C1(C(=O)OC)CC2=C(C)C(c3ccccc3C)N(S(=O)(=O)c3ccc(C)cc3)C(C)=C2C1. The molecule has 2 aromatic rings. The highest BCUT2D eigenvalue weighted by atomic mass is 32.2. The van der Waals surface area contributed by atoms with E-state index in [2.05, 4.69) is 0 Å². The summed E-state index contributed by atoms with van der Waals surface area (Å²) in [7, 11) is -1.52. The van der Waals surface area contributed by atoms with Crippen molar-refractivity contribution in [2.45, 2.75) is 51.5 Å². The van der Waals surface area contributed by atoms with Crippen LogP contribution in [-0.2, 0) is 29.1 Å². The van der Waals surface area contributed by atoms with E-state index in [9.17, 15) is 18.0 Å². The Morgan fingerprint density at radius 1 is 0.861 bits per heavy atom. The Balaban J connectivity index is 2.00. The molecule has 0 radical (unpaired) electrons. The molecular weight excluding hydrogens is 478 g/mol. The molecule has 2 aliphatic rings. The van der Waals surface area contributed by atoms with Crippen molar-refractivity contribution in [3.05, 3.63) is 87.6 Å². The maximum atomic E-state index is 14.2. The molecule has 0 N–H and O–H groups in total. The molecule has 1 unspecified atom stereocenters. The number of carbonyl (C=O) groups excluding carboxylic acids is 2. The van der Waals surface area contributed by atoms with Gasteiger partial charge in [-0.1, -0.05) is 42.0 Å². The van der Waals surface area contributed by atoms with Crippen LogP contribution in [0.1, 0.15) is 49.4 Å². The fourth-order valence-corrected chi connectivity index (χ4v) is 7.16. The van der Waals surface area contributed by atoms with Crippen molar-refractivity contribution in [3.63, 3.8) is 0 Å². The monoisotopic (exact) mass is 509 g/mol. The fourth-order valence-electron chi connectivity index (χ4n) is 5.43. The van der Waals surface area contributed by atoms with E-state index in [0.717, 1.165) is 27.8 Å². The highest BCUT2D eigenvalue weighted by molar-refractivity contribution is 7.89. The van der Waals surface area contributed by atoms with Crippen LogP contribution >= 0.6 is 0 Å². The summed E-state index contributed by atoms with van der Waals surface area (Å²) in [5.74, 6) is -1.38. The maximum absolute atomic E-state index is 14.2. The standard InChI is InChI=1S/C28H31NO6S/c1-17-11-13-21(14-12-17)36(32,33)29-20(4)24-16-28(26(30)34-5,27(31)35-6)15-23(24)19(3)25(29)22-10-8-7-9-18(22)2/h7-14,25H,15-16H2,1-6H3. The molecule has 0 spiro atoms. The average molecular weight is 510 g/mol. The summed E-state index contributed by atoms with van der Waals surface area (Å²) in [4.78, 5) is 26.0. The van der Waals surface area contributed by atoms with Gasteiger partial charge in [0.25, 0.3) is 10.0 Å². The number of sulfonamides is 1. The third-order valence-electron chi connectivity index (χ3n) is 7.42. The summed E-state index contributed by atoms with van der Waals surface area (Å²) in [6.45, 7) is 7.46. The van der Waals surface area contributed by atoms with Crippen LogP contribution in [0.25, 0.3) is 0 Å². The lowest BCUT2D eigenvalue weighted by molar-refractivity contribution is -0.168.